The topological polar surface area (TPSA) is 87.4 Å². The summed E-state index contributed by atoms with van der Waals surface area (Å²) in [6.07, 6.45) is 2.71. The minimum absolute atomic E-state index is 0. The number of carbonyl (C=O) groups excluding carboxylic acids is 1. The first-order chi connectivity index (χ1) is 13.1. The number of aromatic nitrogens is 2. The Morgan fingerprint density at radius 1 is 1.32 bits per heavy atom. The molecule has 9 heteroatoms. The van der Waals surface area contributed by atoms with Gasteiger partial charge in [0.05, 0.1) is 11.7 Å². The lowest BCUT2D eigenvalue weighted by Crippen LogP contribution is -2.46. The molecule has 0 bridgehead atoms. The molecule has 28 heavy (non-hydrogen) atoms. The molecule has 0 spiro atoms. The largest absolute Gasteiger partial charge is 0.354 e. The van der Waals surface area contributed by atoms with Gasteiger partial charge in [0.1, 0.15) is 5.82 Å². The van der Waals surface area contributed by atoms with Gasteiger partial charge in [0, 0.05) is 44.3 Å². The summed E-state index contributed by atoms with van der Waals surface area (Å²) in [6, 6.07) is 5.51. The van der Waals surface area contributed by atoms with Crippen molar-refractivity contribution in [3.8, 4) is 0 Å². The highest BCUT2D eigenvalue weighted by Gasteiger charge is 2.21. The Balaban J connectivity index is 0.00000280. The van der Waals surface area contributed by atoms with Crippen LogP contribution in [0.3, 0.4) is 0 Å². The molecule has 1 aliphatic rings. The SMILES string of the molecule is CCC(C)C(N)C(=O)Nc1nc(CN2CCN(c3ccccn3)CC2)cs1.Cl. The van der Waals surface area contributed by atoms with E-state index in [4.69, 9.17) is 5.73 Å². The smallest absolute Gasteiger partial charge is 0.243 e. The van der Waals surface area contributed by atoms with Gasteiger partial charge in [-0.1, -0.05) is 26.3 Å². The van der Waals surface area contributed by atoms with Crippen LogP contribution in [0.4, 0.5) is 10.9 Å². The summed E-state index contributed by atoms with van der Waals surface area (Å²) < 4.78 is 0. The van der Waals surface area contributed by atoms with Crippen molar-refractivity contribution in [3.63, 3.8) is 0 Å². The Hall–Kier alpha value is -1.74. The van der Waals surface area contributed by atoms with E-state index in [9.17, 15) is 4.79 Å². The summed E-state index contributed by atoms with van der Waals surface area (Å²) in [6.45, 7) is 8.65. The molecule has 0 radical (unpaired) electrons. The number of nitrogens with two attached hydrogens (primary N) is 1. The summed E-state index contributed by atoms with van der Waals surface area (Å²) in [5, 5.41) is 5.49. The molecule has 0 aliphatic carbocycles. The molecule has 3 rings (SSSR count). The van der Waals surface area contributed by atoms with Crippen molar-refractivity contribution < 1.29 is 4.79 Å². The number of halogens is 1. The lowest BCUT2D eigenvalue weighted by atomic mass is 10.00. The zero-order valence-corrected chi connectivity index (χ0v) is 18.0. The first-order valence-corrected chi connectivity index (χ1v) is 10.3. The lowest BCUT2D eigenvalue weighted by Gasteiger charge is -2.35. The van der Waals surface area contributed by atoms with E-state index in [0.717, 1.165) is 50.7 Å². The quantitative estimate of drug-likeness (QED) is 0.710. The third kappa shape index (κ3) is 5.88. The van der Waals surface area contributed by atoms with Crippen LogP contribution in [-0.4, -0.2) is 53.0 Å². The summed E-state index contributed by atoms with van der Waals surface area (Å²) >= 11 is 1.45. The highest BCUT2D eigenvalue weighted by atomic mass is 35.5. The number of amides is 1. The van der Waals surface area contributed by atoms with E-state index in [-0.39, 0.29) is 24.2 Å². The molecule has 2 atom stereocenters. The van der Waals surface area contributed by atoms with Gasteiger partial charge < -0.3 is 16.0 Å². The first-order valence-electron chi connectivity index (χ1n) is 9.46. The molecule has 0 saturated carbocycles. The van der Waals surface area contributed by atoms with E-state index >= 15 is 0 Å². The molecular weight excluding hydrogens is 396 g/mol. The molecule has 2 aromatic heterocycles. The zero-order valence-electron chi connectivity index (χ0n) is 16.4. The van der Waals surface area contributed by atoms with Gasteiger partial charge in [0.15, 0.2) is 5.13 Å². The minimum Gasteiger partial charge on any atom is -0.354 e. The maximum atomic E-state index is 12.2. The van der Waals surface area contributed by atoms with Crippen molar-refractivity contribution in [1.29, 1.82) is 0 Å². The van der Waals surface area contributed by atoms with Crippen LogP contribution < -0.4 is 16.0 Å². The molecule has 1 fully saturated rings. The molecule has 3 heterocycles. The standard InChI is InChI=1S/C19H28N6OS.ClH/c1-3-14(2)17(20)18(26)23-19-22-15(13-27-19)12-24-8-10-25(11-9-24)16-6-4-5-7-21-16;/h4-7,13-14,17H,3,8-12,20H2,1-2H3,(H,22,23,26);1H. The van der Waals surface area contributed by atoms with Crippen molar-refractivity contribution >= 4 is 40.6 Å². The maximum absolute atomic E-state index is 12.2. The van der Waals surface area contributed by atoms with E-state index in [1.54, 1.807) is 0 Å². The van der Waals surface area contributed by atoms with Crippen LogP contribution in [0.15, 0.2) is 29.8 Å². The van der Waals surface area contributed by atoms with Gasteiger partial charge in [-0.15, -0.1) is 23.7 Å². The van der Waals surface area contributed by atoms with Gasteiger partial charge in [-0.3, -0.25) is 9.69 Å². The molecule has 2 unspecified atom stereocenters. The predicted molar refractivity (Wildman–Crippen MR) is 117 cm³/mol. The number of nitrogens with zero attached hydrogens (tertiary/aromatic N) is 4. The number of thiazole rings is 1. The van der Waals surface area contributed by atoms with E-state index in [1.165, 1.54) is 11.3 Å². The Morgan fingerprint density at radius 2 is 2.07 bits per heavy atom. The van der Waals surface area contributed by atoms with Gasteiger partial charge >= 0.3 is 0 Å². The van der Waals surface area contributed by atoms with Crippen molar-refractivity contribution in [1.82, 2.24) is 14.9 Å². The van der Waals surface area contributed by atoms with Crippen molar-refractivity contribution in [2.75, 3.05) is 36.4 Å². The van der Waals surface area contributed by atoms with Gasteiger partial charge in [-0.2, -0.15) is 0 Å². The average Bonchev–Trinajstić information content (AvgIpc) is 3.14. The molecular formula is C19H29ClN6OS. The van der Waals surface area contributed by atoms with Gasteiger partial charge in [-0.25, -0.2) is 9.97 Å². The molecule has 3 N–H and O–H groups in total. The average molecular weight is 425 g/mol. The molecule has 154 valence electrons. The number of piperazine rings is 1. The summed E-state index contributed by atoms with van der Waals surface area (Å²) in [7, 11) is 0. The highest BCUT2D eigenvalue weighted by Crippen LogP contribution is 2.19. The van der Waals surface area contributed by atoms with Crippen LogP contribution in [0.2, 0.25) is 0 Å². The van der Waals surface area contributed by atoms with Gasteiger partial charge in [0.25, 0.3) is 0 Å². The monoisotopic (exact) mass is 424 g/mol. The van der Waals surface area contributed by atoms with Crippen LogP contribution in [0.25, 0.3) is 0 Å². The van der Waals surface area contributed by atoms with Gasteiger partial charge in [0.2, 0.25) is 5.91 Å². The zero-order chi connectivity index (χ0) is 19.2. The normalized spacial score (nSPS) is 16.9. The molecule has 1 aliphatic heterocycles. The number of hydrogen-bond donors (Lipinski definition) is 2. The molecule has 0 aromatic carbocycles. The molecule has 7 nitrogen and oxygen atoms in total. The van der Waals surface area contributed by atoms with Crippen LogP contribution in [-0.2, 0) is 11.3 Å². The van der Waals surface area contributed by atoms with Crippen LogP contribution in [0.1, 0.15) is 26.0 Å². The molecule has 2 aromatic rings. The Bertz CT molecular complexity index is 735. The molecule has 1 amide bonds. The summed E-state index contributed by atoms with van der Waals surface area (Å²) in [5.41, 5.74) is 6.97. The predicted octanol–water partition coefficient (Wildman–Crippen LogP) is 2.59. The Labute approximate surface area is 176 Å². The third-order valence-corrected chi connectivity index (χ3v) is 5.88. The fourth-order valence-corrected chi connectivity index (χ4v) is 3.75. The number of anilines is 2. The number of rotatable bonds is 7. The molecule has 1 saturated heterocycles. The Kier molecular flexibility index (Phi) is 8.62. The third-order valence-electron chi connectivity index (χ3n) is 5.07. The number of pyridine rings is 1. The van der Waals surface area contributed by atoms with Crippen LogP contribution in [0, 0.1) is 5.92 Å². The van der Waals surface area contributed by atoms with Crippen molar-refractivity contribution in [2.24, 2.45) is 11.7 Å². The fourth-order valence-electron chi connectivity index (χ4n) is 3.04. The van der Waals surface area contributed by atoms with E-state index < -0.39 is 6.04 Å². The maximum Gasteiger partial charge on any atom is 0.243 e. The van der Waals surface area contributed by atoms with Gasteiger partial charge in [-0.05, 0) is 18.1 Å². The van der Waals surface area contributed by atoms with E-state index in [0.29, 0.717) is 5.13 Å². The lowest BCUT2D eigenvalue weighted by molar-refractivity contribution is -0.118. The summed E-state index contributed by atoms with van der Waals surface area (Å²) in [5.74, 6) is 1.03. The second-order valence-electron chi connectivity index (χ2n) is 7.00. The second-order valence-corrected chi connectivity index (χ2v) is 7.85. The highest BCUT2D eigenvalue weighted by molar-refractivity contribution is 7.13. The number of nitrogens with one attached hydrogen (secondary N) is 1. The van der Waals surface area contributed by atoms with Crippen molar-refractivity contribution in [3.05, 3.63) is 35.5 Å². The van der Waals surface area contributed by atoms with Crippen LogP contribution in [0.5, 0.6) is 0 Å². The van der Waals surface area contributed by atoms with E-state index in [2.05, 4.69) is 31.2 Å². The van der Waals surface area contributed by atoms with Crippen LogP contribution >= 0.6 is 23.7 Å². The summed E-state index contributed by atoms with van der Waals surface area (Å²) in [4.78, 5) is 25.9. The Morgan fingerprint density at radius 3 is 2.71 bits per heavy atom. The van der Waals surface area contributed by atoms with Crippen molar-refractivity contribution in [2.45, 2.75) is 32.9 Å². The second kappa shape index (κ2) is 10.7. The number of carbonyl (C=O) groups is 1. The fraction of sp³-hybridized carbons (Fsp3) is 0.526. The van der Waals surface area contributed by atoms with E-state index in [1.807, 2.05) is 37.6 Å². The first kappa shape index (κ1) is 22.5. The number of hydrogen-bond acceptors (Lipinski definition) is 7. The minimum atomic E-state index is -0.498.